The number of nitrogens with zero attached hydrogens (tertiary/aromatic N) is 1. The van der Waals surface area contributed by atoms with Crippen molar-refractivity contribution in [1.82, 2.24) is 10.3 Å². The van der Waals surface area contributed by atoms with Gasteiger partial charge in [0.15, 0.2) is 0 Å². The number of rotatable bonds is 5. The minimum absolute atomic E-state index is 0.208. The van der Waals surface area contributed by atoms with Gasteiger partial charge in [-0.05, 0) is 63.8 Å². The topological polar surface area (TPSA) is 91.5 Å². The molecule has 0 spiro atoms. The number of amides is 2. The van der Waals surface area contributed by atoms with Crippen molar-refractivity contribution in [2.45, 2.75) is 77.7 Å². The number of halogens is 3. The van der Waals surface area contributed by atoms with E-state index in [4.69, 9.17) is 4.74 Å². The van der Waals surface area contributed by atoms with Gasteiger partial charge in [-0.15, -0.1) is 0 Å². The van der Waals surface area contributed by atoms with Gasteiger partial charge in [0.2, 0.25) is 0 Å². The predicted molar refractivity (Wildman–Crippen MR) is 151 cm³/mol. The molecule has 0 saturated heterocycles. The van der Waals surface area contributed by atoms with Crippen molar-refractivity contribution in [3.63, 3.8) is 0 Å². The third-order valence-electron chi connectivity index (χ3n) is 6.86. The predicted octanol–water partition coefficient (Wildman–Crippen LogP) is 7.15. The van der Waals surface area contributed by atoms with Crippen LogP contribution in [0.3, 0.4) is 0 Å². The minimum atomic E-state index is -4.84. The Labute approximate surface area is 236 Å². The molecule has 7 nitrogen and oxygen atoms in total. The second-order valence-corrected chi connectivity index (χ2v) is 11.3. The van der Waals surface area contributed by atoms with Gasteiger partial charge in [0.1, 0.15) is 16.9 Å². The summed E-state index contributed by atoms with van der Waals surface area (Å²) >= 11 is 0. The summed E-state index contributed by atoms with van der Waals surface area (Å²) in [5.74, 6) is -0.810. The summed E-state index contributed by atoms with van der Waals surface area (Å²) < 4.78 is 47.2. The maximum Gasteiger partial charge on any atom is 0.431 e. The van der Waals surface area contributed by atoms with Crippen LogP contribution in [0.25, 0.3) is 11.1 Å². The fourth-order valence-corrected chi connectivity index (χ4v) is 5.15. The van der Waals surface area contributed by atoms with E-state index in [-0.39, 0.29) is 17.2 Å². The zero-order valence-corrected chi connectivity index (χ0v) is 23.7. The first kappa shape index (κ1) is 29.9. The lowest BCUT2D eigenvalue weighted by molar-refractivity contribution is -0.140. The van der Waals surface area contributed by atoms with Crippen LogP contribution in [0.2, 0.25) is 0 Å². The number of nitrogens with one attached hydrogen (secondary N) is 2. The van der Waals surface area contributed by atoms with Crippen LogP contribution in [0.4, 0.5) is 23.7 Å². The standard InChI is InChI=1S/C31H34F3N3O4/c1-6-10-20-16-24(22-15-18(2)13-14-25(22)37(20)29(40)41-30(3,4)5)35-27(38)23-17-21(19-11-8-7-9-12-19)26(31(32,33)34)36-28(23)39/h7-9,11-15,17,20,24H,6,10,16H2,1-5H3,(H,35,38)(H,36,39)/t20-,24+/m0/s1. The van der Waals surface area contributed by atoms with Crippen molar-refractivity contribution in [2.24, 2.45) is 0 Å². The molecule has 1 aromatic heterocycles. The van der Waals surface area contributed by atoms with Crippen molar-refractivity contribution in [3.05, 3.63) is 87.3 Å². The number of aromatic amines is 1. The molecule has 2 N–H and O–H groups in total. The van der Waals surface area contributed by atoms with E-state index < -0.39 is 46.6 Å². The van der Waals surface area contributed by atoms with Gasteiger partial charge < -0.3 is 15.0 Å². The average Bonchev–Trinajstić information content (AvgIpc) is 2.88. The summed E-state index contributed by atoms with van der Waals surface area (Å²) in [7, 11) is 0. The van der Waals surface area contributed by atoms with Crippen molar-refractivity contribution in [3.8, 4) is 11.1 Å². The third-order valence-corrected chi connectivity index (χ3v) is 6.86. The van der Waals surface area contributed by atoms with Gasteiger partial charge in [-0.1, -0.05) is 61.4 Å². The number of H-pyrrole nitrogens is 1. The van der Waals surface area contributed by atoms with E-state index in [9.17, 15) is 27.6 Å². The van der Waals surface area contributed by atoms with Crippen LogP contribution in [0.1, 0.15) is 80.2 Å². The van der Waals surface area contributed by atoms with Gasteiger partial charge in [-0.3, -0.25) is 14.5 Å². The van der Waals surface area contributed by atoms with Gasteiger partial charge in [0.25, 0.3) is 11.5 Å². The first-order valence-corrected chi connectivity index (χ1v) is 13.5. The first-order valence-electron chi connectivity index (χ1n) is 13.5. The number of aromatic nitrogens is 1. The van der Waals surface area contributed by atoms with E-state index in [1.165, 1.54) is 12.1 Å². The summed E-state index contributed by atoms with van der Waals surface area (Å²) in [6.07, 6.45) is -3.63. The summed E-state index contributed by atoms with van der Waals surface area (Å²) in [5.41, 5.74) is -1.50. The number of hydrogen-bond donors (Lipinski definition) is 2. The molecule has 2 atom stereocenters. The summed E-state index contributed by atoms with van der Waals surface area (Å²) in [4.78, 5) is 43.1. The van der Waals surface area contributed by atoms with Gasteiger partial charge in [-0.2, -0.15) is 13.2 Å². The Morgan fingerprint density at radius 3 is 2.37 bits per heavy atom. The number of fused-ring (bicyclic) bond motifs is 1. The number of carbonyl (C=O) groups is 2. The number of benzene rings is 2. The largest absolute Gasteiger partial charge is 0.443 e. The molecule has 0 fully saturated rings. The molecule has 0 aliphatic carbocycles. The van der Waals surface area contributed by atoms with Gasteiger partial charge >= 0.3 is 12.3 Å². The molecule has 3 aromatic rings. The van der Waals surface area contributed by atoms with Crippen LogP contribution in [-0.4, -0.2) is 28.6 Å². The Balaban J connectivity index is 1.75. The Morgan fingerprint density at radius 1 is 1.07 bits per heavy atom. The highest BCUT2D eigenvalue weighted by atomic mass is 19.4. The fraction of sp³-hybridized carbons (Fsp3) is 0.387. The van der Waals surface area contributed by atoms with E-state index in [1.54, 1.807) is 49.9 Å². The van der Waals surface area contributed by atoms with Gasteiger partial charge in [0.05, 0.1) is 11.7 Å². The molecule has 1 aliphatic heterocycles. The highest BCUT2D eigenvalue weighted by Crippen LogP contribution is 2.40. The Kier molecular flexibility index (Phi) is 8.33. The Hall–Kier alpha value is -4.08. The van der Waals surface area contributed by atoms with E-state index >= 15 is 0 Å². The smallest absolute Gasteiger partial charge is 0.431 e. The number of hydrogen-bond acceptors (Lipinski definition) is 4. The second kappa shape index (κ2) is 11.4. The lowest BCUT2D eigenvalue weighted by atomic mass is 9.88. The van der Waals surface area contributed by atoms with Crippen LogP contribution in [0, 0.1) is 6.92 Å². The van der Waals surface area contributed by atoms with E-state index in [0.717, 1.165) is 18.1 Å². The molecule has 0 radical (unpaired) electrons. The molecule has 4 rings (SSSR count). The quantitative estimate of drug-likeness (QED) is 0.341. The molecule has 10 heteroatoms. The monoisotopic (exact) mass is 569 g/mol. The number of alkyl halides is 3. The van der Waals surface area contributed by atoms with Crippen LogP contribution in [0.15, 0.2) is 59.4 Å². The molecule has 0 unspecified atom stereocenters. The van der Waals surface area contributed by atoms with Gasteiger partial charge in [0, 0.05) is 11.6 Å². The van der Waals surface area contributed by atoms with Crippen molar-refractivity contribution >= 4 is 17.7 Å². The number of carbonyl (C=O) groups excluding carboxylic acids is 2. The maximum absolute atomic E-state index is 13.8. The average molecular weight is 570 g/mol. The maximum atomic E-state index is 13.8. The molecule has 1 aliphatic rings. The Bertz CT molecular complexity index is 1490. The fourth-order valence-electron chi connectivity index (χ4n) is 5.15. The normalized spacial score (nSPS) is 17.1. The van der Waals surface area contributed by atoms with Gasteiger partial charge in [-0.25, -0.2) is 4.79 Å². The number of pyridine rings is 1. The zero-order chi connectivity index (χ0) is 30.1. The van der Waals surface area contributed by atoms with Crippen molar-refractivity contribution < 1.29 is 27.5 Å². The molecular weight excluding hydrogens is 535 g/mol. The van der Waals surface area contributed by atoms with E-state index in [2.05, 4.69) is 5.32 Å². The molecule has 218 valence electrons. The molecule has 2 amide bonds. The third kappa shape index (κ3) is 6.64. The summed E-state index contributed by atoms with van der Waals surface area (Å²) in [5, 5.41) is 2.87. The van der Waals surface area contributed by atoms with E-state index in [1.807, 2.05) is 31.0 Å². The van der Waals surface area contributed by atoms with Crippen LogP contribution in [-0.2, 0) is 10.9 Å². The molecule has 2 heterocycles. The molecule has 41 heavy (non-hydrogen) atoms. The zero-order valence-electron chi connectivity index (χ0n) is 23.7. The lowest BCUT2D eigenvalue weighted by Gasteiger charge is -2.41. The number of ether oxygens (including phenoxy) is 1. The molecular formula is C31H34F3N3O4. The van der Waals surface area contributed by atoms with Crippen molar-refractivity contribution in [1.29, 1.82) is 0 Å². The van der Waals surface area contributed by atoms with Crippen molar-refractivity contribution in [2.75, 3.05) is 4.90 Å². The number of anilines is 1. The van der Waals surface area contributed by atoms with Crippen LogP contribution < -0.4 is 15.8 Å². The second-order valence-electron chi connectivity index (χ2n) is 11.3. The van der Waals surface area contributed by atoms with Crippen LogP contribution in [0.5, 0.6) is 0 Å². The SMILES string of the molecule is CCC[C@H]1C[C@@H](NC(=O)c2cc(-c3ccccc3)c(C(F)(F)F)[nH]c2=O)c2cc(C)ccc2N1C(=O)OC(C)(C)C. The molecule has 0 saturated carbocycles. The highest BCUT2D eigenvalue weighted by Gasteiger charge is 2.40. The lowest BCUT2D eigenvalue weighted by Crippen LogP contribution is -2.49. The summed E-state index contributed by atoms with van der Waals surface area (Å²) in [6, 6.07) is 13.3. The van der Waals surface area contributed by atoms with Crippen LogP contribution >= 0.6 is 0 Å². The molecule has 0 bridgehead atoms. The minimum Gasteiger partial charge on any atom is -0.443 e. The Morgan fingerprint density at radius 2 is 1.76 bits per heavy atom. The number of aryl methyl sites for hydroxylation is 1. The first-order chi connectivity index (χ1) is 19.2. The molecule has 2 aromatic carbocycles. The highest BCUT2D eigenvalue weighted by molar-refractivity contribution is 5.96. The summed E-state index contributed by atoms with van der Waals surface area (Å²) in [6.45, 7) is 9.22. The van der Waals surface area contributed by atoms with E-state index in [0.29, 0.717) is 24.1 Å².